The van der Waals surface area contributed by atoms with E-state index in [0.29, 0.717) is 47.8 Å². The molecule has 1 heterocycles. The zero-order valence-electron chi connectivity index (χ0n) is 25.5. The van der Waals surface area contributed by atoms with Gasteiger partial charge in [0.25, 0.3) is 5.91 Å². The monoisotopic (exact) mass is 602 g/mol. The van der Waals surface area contributed by atoms with Crippen LogP contribution in [0.2, 0.25) is 0 Å². The maximum atomic E-state index is 13.3. The zero-order valence-corrected chi connectivity index (χ0v) is 25.5. The summed E-state index contributed by atoms with van der Waals surface area (Å²) >= 11 is 0. The fourth-order valence-corrected chi connectivity index (χ4v) is 5.01. The fourth-order valence-electron chi connectivity index (χ4n) is 5.01. The lowest BCUT2D eigenvalue weighted by atomic mass is 10.1. The molecule has 0 atom stereocenters. The van der Waals surface area contributed by atoms with Crippen molar-refractivity contribution in [3.63, 3.8) is 0 Å². The van der Waals surface area contributed by atoms with E-state index >= 15 is 0 Å². The standard InChI is InChI=1S/C36H38N6O3/c1-4-33-27-10-9-11-32(22-27)45-19-8-6-7-18-42(31-16-17-31)24-25-20-29(23-30(21-25)40-36(37-3)41-33)39-35(44)26-12-14-28(15-13-26)38-34(43)5-2/h4-7,9-15,20-23,31H,2-3,8,16-19,24H2,1H3,(H,38,43)(H,39,44)(H,40,41)/b7-6+,33-4-. The van der Waals surface area contributed by atoms with E-state index in [-0.39, 0.29) is 11.8 Å². The van der Waals surface area contributed by atoms with Crippen LogP contribution in [0, 0.1) is 0 Å². The number of anilines is 3. The predicted octanol–water partition coefficient (Wildman–Crippen LogP) is 6.90. The average Bonchev–Trinajstić information content (AvgIpc) is 3.90. The number of hydrogen-bond donors (Lipinski definition) is 3. The minimum absolute atomic E-state index is 0.273. The zero-order chi connectivity index (χ0) is 31.6. The molecular formula is C36H38N6O3. The Hall–Kier alpha value is -5.28. The summed E-state index contributed by atoms with van der Waals surface area (Å²) in [6.07, 6.45) is 10.6. The summed E-state index contributed by atoms with van der Waals surface area (Å²) in [5, 5.41) is 9.03. The van der Waals surface area contributed by atoms with E-state index in [1.54, 1.807) is 24.3 Å². The molecule has 1 aliphatic carbocycles. The summed E-state index contributed by atoms with van der Waals surface area (Å²) in [5.74, 6) is 0.514. The molecule has 3 N–H and O–H groups in total. The van der Waals surface area contributed by atoms with Crippen molar-refractivity contribution < 1.29 is 14.3 Å². The van der Waals surface area contributed by atoms with Gasteiger partial charge in [-0.1, -0.05) is 36.9 Å². The fraction of sp³-hybridized carbons (Fsp3) is 0.222. The molecule has 0 unspecified atom stereocenters. The molecule has 0 spiro atoms. The molecule has 1 aliphatic heterocycles. The second kappa shape index (κ2) is 14.9. The summed E-state index contributed by atoms with van der Waals surface area (Å²) in [6.45, 7) is 11.2. The molecule has 3 aromatic rings. The Kier molecular flexibility index (Phi) is 10.3. The molecule has 2 aliphatic rings. The second-order valence-electron chi connectivity index (χ2n) is 10.8. The van der Waals surface area contributed by atoms with Crippen molar-refractivity contribution in [2.24, 2.45) is 9.98 Å². The molecule has 9 nitrogen and oxygen atoms in total. The highest BCUT2D eigenvalue weighted by Crippen LogP contribution is 2.30. The van der Waals surface area contributed by atoms with Crippen LogP contribution in [0.5, 0.6) is 5.75 Å². The van der Waals surface area contributed by atoms with E-state index in [0.717, 1.165) is 35.5 Å². The maximum Gasteiger partial charge on any atom is 0.255 e. The lowest BCUT2D eigenvalue weighted by Crippen LogP contribution is -2.26. The number of nitrogens with one attached hydrogen (secondary N) is 3. The van der Waals surface area contributed by atoms with Crippen molar-refractivity contribution in [2.75, 3.05) is 29.1 Å². The van der Waals surface area contributed by atoms with Crippen LogP contribution in [0.4, 0.5) is 17.1 Å². The third-order valence-electron chi connectivity index (χ3n) is 7.39. The van der Waals surface area contributed by atoms with Gasteiger partial charge in [0.15, 0.2) is 0 Å². The first-order chi connectivity index (χ1) is 21.9. The van der Waals surface area contributed by atoms with E-state index in [2.05, 4.69) is 57.4 Å². The first-order valence-electron chi connectivity index (χ1n) is 15.0. The van der Waals surface area contributed by atoms with Crippen molar-refractivity contribution in [2.45, 2.75) is 38.8 Å². The van der Waals surface area contributed by atoms with Crippen LogP contribution >= 0.6 is 0 Å². The molecule has 0 saturated heterocycles. The minimum atomic E-state index is -0.316. The normalized spacial score (nSPS) is 17.4. The van der Waals surface area contributed by atoms with Gasteiger partial charge in [0.2, 0.25) is 11.9 Å². The third kappa shape index (κ3) is 8.87. The largest absolute Gasteiger partial charge is 0.493 e. The summed E-state index contributed by atoms with van der Waals surface area (Å²) in [7, 11) is 0. The van der Waals surface area contributed by atoms with E-state index in [4.69, 9.17) is 9.73 Å². The molecule has 45 heavy (non-hydrogen) atoms. The molecule has 0 radical (unpaired) electrons. The number of ether oxygens (including phenoxy) is 1. The molecule has 0 aromatic heterocycles. The Morgan fingerprint density at radius 1 is 1.04 bits per heavy atom. The number of allylic oxidation sites excluding steroid dienone is 1. The van der Waals surface area contributed by atoms with Gasteiger partial charge in [-0.25, -0.2) is 9.98 Å². The van der Waals surface area contributed by atoms with E-state index in [9.17, 15) is 9.59 Å². The van der Waals surface area contributed by atoms with Gasteiger partial charge in [-0.3, -0.25) is 14.5 Å². The molecule has 4 bridgehead atoms. The molecule has 1 saturated carbocycles. The van der Waals surface area contributed by atoms with Crippen LogP contribution in [0.3, 0.4) is 0 Å². The highest BCUT2D eigenvalue weighted by molar-refractivity contribution is 6.06. The number of nitrogens with zero attached hydrogens (tertiary/aromatic N) is 3. The van der Waals surface area contributed by atoms with Gasteiger partial charge < -0.3 is 20.7 Å². The Morgan fingerprint density at radius 2 is 1.87 bits per heavy atom. The Labute approximate surface area is 264 Å². The molecule has 5 rings (SSSR count). The van der Waals surface area contributed by atoms with E-state index in [1.807, 2.05) is 49.4 Å². The number of amides is 2. The van der Waals surface area contributed by atoms with Gasteiger partial charge in [0.1, 0.15) is 5.75 Å². The van der Waals surface area contributed by atoms with E-state index < -0.39 is 0 Å². The third-order valence-corrected chi connectivity index (χ3v) is 7.39. The van der Waals surface area contributed by atoms with Crippen molar-refractivity contribution >= 4 is 47.3 Å². The van der Waals surface area contributed by atoms with Gasteiger partial charge >= 0.3 is 0 Å². The number of hydrogen-bond acceptors (Lipinski definition) is 7. The van der Waals surface area contributed by atoms with Crippen LogP contribution in [0.1, 0.15) is 47.7 Å². The summed E-state index contributed by atoms with van der Waals surface area (Å²) in [4.78, 5) is 36.3. The molecule has 3 aromatic carbocycles. The quantitative estimate of drug-likeness (QED) is 0.167. The smallest absolute Gasteiger partial charge is 0.255 e. The van der Waals surface area contributed by atoms with Crippen molar-refractivity contribution in [3.05, 3.63) is 114 Å². The molecule has 230 valence electrons. The second-order valence-corrected chi connectivity index (χ2v) is 10.8. The van der Waals surface area contributed by atoms with Gasteiger partial charge in [-0.2, -0.15) is 0 Å². The summed E-state index contributed by atoms with van der Waals surface area (Å²) < 4.78 is 6.01. The van der Waals surface area contributed by atoms with Crippen LogP contribution < -0.4 is 20.7 Å². The average molecular weight is 603 g/mol. The highest BCUT2D eigenvalue weighted by atomic mass is 16.5. The van der Waals surface area contributed by atoms with Crippen molar-refractivity contribution in [1.82, 2.24) is 4.90 Å². The lowest BCUT2D eigenvalue weighted by molar-refractivity contribution is -0.111. The van der Waals surface area contributed by atoms with Crippen molar-refractivity contribution in [1.29, 1.82) is 0 Å². The lowest BCUT2D eigenvalue weighted by Gasteiger charge is -2.22. The summed E-state index contributed by atoms with van der Waals surface area (Å²) in [6, 6.07) is 21.0. The number of fused-ring (bicyclic) bond motifs is 4. The predicted molar refractivity (Wildman–Crippen MR) is 183 cm³/mol. The van der Waals surface area contributed by atoms with E-state index in [1.165, 1.54) is 18.9 Å². The molecule has 2 amide bonds. The first kappa shape index (κ1) is 31.2. The number of guanidine groups is 1. The first-order valence-corrected chi connectivity index (χ1v) is 15.0. The SMILES string of the molecule is C=CC(=O)Nc1ccc(C(=O)Nc2cc3cc(c2)NC(N=C)=N/C(=C\C)c2cccc(c2)OCC/C=C/CN(C2CC2)C3)cc1. The maximum absolute atomic E-state index is 13.3. The van der Waals surface area contributed by atoms with Crippen LogP contribution in [-0.4, -0.2) is 48.6 Å². The number of aliphatic imine (C=N–C) groups is 2. The number of benzene rings is 3. The number of rotatable bonds is 5. The van der Waals surface area contributed by atoms with Gasteiger partial charge in [-0.05, 0) is 99.1 Å². The van der Waals surface area contributed by atoms with Gasteiger partial charge in [0, 0.05) is 47.3 Å². The Bertz CT molecular complexity index is 1650. The molecule has 9 heteroatoms. The van der Waals surface area contributed by atoms with Crippen LogP contribution in [0.15, 0.2) is 108 Å². The number of carbonyl (C=O) groups is 2. The van der Waals surface area contributed by atoms with Crippen molar-refractivity contribution in [3.8, 4) is 5.75 Å². The van der Waals surface area contributed by atoms with Gasteiger partial charge in [0.05, 0.1) is 12.3 Å². The Morgan fingerprint density at radius 3 is 2.60 bits per heavy atom. The Balaban J connectivity index is 1.46. The highest BCUT2D eigenvalue weighted by Gasteiger charge is 2.28. The number of carbonyl (C=O) groups excluding carboxylic acids is 2. The topological polar surface area (TPSA) is 107 Å². The molecular weight excluding hydrogens is 564 g/mol. The van der Waals surface area contributed by atoms with Crippen LogP contribution in [0.25, 0.3) is 5.70 Å². The molecule has 1 fully saturated rings. The van der Waals surface area contributed by atoms with Crippen LogP contribution in [-0.2, 0) is 11.3 Å². The minimum Gasteiger partial charge on any atom is -0.493 e. The summed E-state index contributed by atoms with van der Waals surface area (Å²) in [5.41, 5.74) is 5.02. The van der Waals surface area contributed by atoms with Gasteiger partial charge in [-0.15, -0.1) is 0 Å².